The van der Waals surface area contributed by atoms with Crippen LogP contribution in [-0.2, 0) is 0 Å². The average molecular weight is 201 g/mol. The summed E-state index contributed by atoms with van der Waals surface area (Å²) in [4.78, 5) is 0. The highest BCUT2D eigenvalue weighted by atomic mass is 15.4. The number of hydrogen-bond donors (Lipinski definition) is 2. The Kier molecular flexibility index (Phi) is 2.72. The zero-order valence-electron chi connectivity index (χ0n) is 8.99. The Morgan fingerprint density at radius 3 is 2.07 bits per heavy atom. The van der Waals surface area contributed by atoms with Crippen molar-refractivity contribution in [3.05, 3.63) is 35.4 Å². The summed E-state index contributed by atoms with van der Waals surface area (Å²) in [5, 5.41) is 8.72. The van der Waals surface area contributed by atoms with Gasteiger partial charge in [-0.05, 0) is 31.5 Å². The molecule has 1 aromatic rings. The summed E-state index contributed by atoms with van der Waals surface area (Å²) in [7, 11) is 0. The number of nitriles is 1. The van der Waals surface area contributed by atoms with Crippen molar-refractivity contribution in [1.82, 2.24) is 10.9 Å². The molecule has 0 aromatic heterocycles. The van der Waals surface area contributed by atoms with E-state index >= 15 is 0 Å². The number of hydrazine groups is 1. The first-order valence-electron chi connectivity index (χ1n) is 5.23. The maximum absolute atomic E-state index is 8.72. The average Bonchev–Trinajstić information content (AvgIpc) is 2.59. The molecule has 2 rings (SSSR count). The van der Waals surface area contributed by atoms with Crippen LogP contribution in [0.2, 0.25) is 0 Å². The van der Waals surface area contributed by atoms with E-state index in [-0.39, 0.29) is 0 Å². The molecule has 0 amide bonds. The highest BCUT2D eigenvalue weighted by molar-refractivity contribution is 5.34. The van der Waals surface area contributed by atoms with Crippen LogP contribution >= 0.6 is 0 Å². The molecule has 2 N–H and O–H groups in total. The molecule has 1 aliphatic rings. The molecule has 0 aliphatic carbocycles. The molecule has 0 saturated carbocycles. The van der Waals surface area contributed by atoms with E-state index in [0.29, 0.717) is 18.0 Å². The van der Waals surface area contributed by atoms with E-state index in [1.165, 1.54) is 5.56 Å². The quantitative estimate of drug-likeness (QED) is 0.724. The zero-order chi connectivity index (χ0) is 10.8. The molecule has 1 heterocycles. The molecule has 0 radical (unpaired) electrons. The SMILES string of the molecule is CC1NNC(C)C1c1ccc(C#N)cc1. The molecule has 1 fully saturated rings. The summed E-state index contributed by atoms with van der Waals surface area (Å²) < 4.78 is 0. The van der Waals surface area contributed by atoms with Gasteiger partial charge in [0.05, 0.1) is 11.6 Å². The maximum atomic E-state index is 8.72. The molecule has 1 saturated heterocycles. The van der Waals surface area contributed by atoms with E-state index in [9.17, 15) is 0 Å². The van der Waals surface area contributed by atoms with Gasteiger partial charge in [0.1, 0.15) is 0 Å². The Hall–Kier alpha value is -1.37. The summed E-state index contributed by atoms with van der Waals surface area (Å²) in [5.41, 5.74) is 8.47. The summed E-state index contributed by atoms with van der Waals surface area (Å²) in [6, 6.07) is 10.8. The van der Waals surface area contributed by atoms with Gasteiger partial charge in [-0.1, -0.05) is 12.1 Å². The largest absolute Gasteiger partial charge is 0.254 e. The second-order valence-electron chi connectivity index (χ2n) is 4.13. The molecule has 2 unspecified atom stereocenters. The van der Waals surface area contributed by atoms with Gasteiger partial charge in [-0.25, -0.2) is 0 Å². The number of rotatable bonds is 1. The number of nitrogens with zero attached hydrogens (tertiary/aromatic N) is 1. The monoisotopic (exact) mass is 201 g/mol. The van der Waals surface area contributed by atoms with Gasteiger partial charge in [0.15, 0.2) is 0 Å². The third-order valence-corrected chi connectivity index (χ3v) is 3.04. The summed E-state index contributed by atoms with van der Waals surface area (Å²) in [6.07, 6.45) is 0. The highest BCUT2D eigenvalue weighted by Gasteiger charge is 2.30. The lowest BCUT2D eigenvalue weighted by Gasteiger charge is -2.18. The fraction of sp³-hybridized carbons (Fsp3) is 0.417. The molecular weight excluding hydrogens is 186 g/mol. The topological polar surface area (TPSA) is 47.8 Å². The molecular formula is C12H15N3. The lowest BCUT2D eigenvalue weighted by molar-refractivity contribution is 0.567. The van der Waals surface area contributed by atoms with Gasteiger partial charge >= 0.3 is 0 Å². The van der Waals surface area contributed by atoms with Crippen LogP contribution in [-0.4, -0.2) is 12.1 Å². The van der Waals surface area contributed by atoms with Gasteiger partial charge in [0.25, 0.3) is 0 Å². The molecule has 3 heteroatoms. The third-order valence-electron chi connectivity index (χ3n) is 3.04. The summed E-state index contributed by atoms with van der Waals surface area (Å²) in [6.45, 7) is 4.33. The van der Waals surface area contributed by atoms with Crippen molar-refractivity contribution in [2.24, 2.45) is 0 Å². The minimum absolute atomic E-state index is 0.424. The number of benzene rings is 1. The molecule has 0 spiro atoms. The van der Waals surface area contributed by atoms with Crippen LogP contribution in [0.15, 0.2) is 24.3 Å². The first-order valence-corrected chi connectivity index (χ1v) is 5.23. The van der Waals surface area contributed by atoms with Crippen LogP contribution in [0, 0.1) is 11.3 Å². The van der Waals surface area contributed by atoms with Crippen LogP contribution in [0.25, 0.3) is 0 Å². The van der Waals surface area contributed by atoms with E-state index in [1.54, 1.807) is 0 Å². The standard InChI is InChI=1S/C12H15N3/c1-8-12(9(2)15-14-8)11-5-3-10(7-13)4-6-11/h3-6,8-9,12,14-15H,1-2H3. The predicted molar refractivity (Wildman–Crippen MR) is 59.1 cm³/mol. The van der Waals surface area contributed by atoms with Crippen LogP contribution in [0.1, 0.15) is 30.9 Å². The molecule has 1 aliphatic heterocycles. The van der Waals surface area contributed by atoms with E-state index < -0.39 is 0 Å². The van der Waals surface area contributed by atoms with E-state index in [4.69, 9.17) is 5.26 Å². The summed E-state index contributed by atoms with van der Waals surface area (Å²) >= 11 is 0. The third kappa shape index (κ3) is 1.87. The zero-order valence-corrected chi connectivity index (χ0v) is 8.99. The van der Waals surface area contributed by atoms with Crippen LogP contribution in [0.3, 0.4) is 0 Å². The second-order valence-corrected chi connectivity index (χ2v) is 4.13. The molecule has 15 heavy (non-hydrogen) atoms. The van der Waals surface area contributed by atoms with Crippen molar-refractivity contribution in [1.29, 1.82) is 5.26 Å². The van der Waals surface area contributed by atoms with Gasteiger partial charge in [-0.3, -0.25) is 10.9 Å². The lowest BCUT2D eigenvalue weighted by Crippen LogP contribution is -2.30. The fourth-order valence-corrected chi connectivity index (χ4v) is 2.23. The molecule has 78 valence electrons. The molecule has 0 bridgehead atoms. The van der Waals surface area contributed by atoms with Gasteiger partial charge < -0.3 is 0 Å². The number of nitrogens with one attached hydrogen (secondary N) is 2. The van der Waals surface area contributed by atoms with E-state index in [2.05, 4.69) is 30.8 Å². The molecule has 3 nitrogen and oxygen atoms in total. The first-order chi connectivity index (χ1) is 7.22. The second kappa shape index (κ2) is 4.01. The Labute approximate surface area is 90.1 Å². The van der Waals surface area contributed by atoms with Gasteiger partial charge in [-0.15, -0.1) is 0 Å². The molecule has 2 atom stereocenters. The van der Waals surface area contributed by atoms with Crippen molar-refractivity contribution in [3.8, 4) is 6.07 Å². The Balaban J connectivity index is 2.26. The Bertz CT molecular complexity index is 367. The van der Waals surface area contributed by atoms with Gasteiger partial charge in [0, 0.05) is 18.0 Å². The highest BCUT2D eigenvalue weighted by Crippen LogP contribution is 2.26. The van der Waals surface area contributed by atoms with Crippen LogP contribution in [0.4, 0.5) is 0 Å². The Morgan fingerprint density at radius 2 is 1.60 bits per heavy atom. The normalized spacial score (nSPS) is 30.1. The lowest BCUT2D eigenvalue weighted by atomic mass is 9.88. The van der Waals surface area contributed by atoms with Crippen molar-refractivity contribution in [3.63, 3.8) is 0 Å². The van der Waals surface area contributed by atoms with Gasteiger partial charge in [-0.2, -0.15) is 5.26 Å². The van der Waals surface area contributed by atoms with Crippen molar-refractivity contribution in [2.45, 2.75) is 31.8 Å². The predicted octanol–water partition coefficient (Wildman–Crippen LogP) is 1.53. The smallest absolute Gasteiger partial charge is 0.0991 e. The van der Waals surface area contributed by atoms with E-state index in [0.717, 1.165) is 5.56 Å². The number of hydrogen-bond acceptors (Lipinski definition) is 3. The minimum Gasteiger partial charge on any atom is -0.254 e. The van der Waals surface area contributed by atoms with Crippen LogP contribution in [0.5, 0.6) is 0 Å². The van der Waals surface area contributed by atoms with E-state index in [1.807, 2.05) is 24.3 Å². The maximum Gasteiger partial charge on any atom is 0.0991 e. The minimum atomic E-state index is 0.424. The van der Waals surface area contributed by atoms with Crippen molar-refractivity contribution in [2.75, 3.05) is 0 Å². The van der Waals surface area contributed by atoms with Gasteiger partial charge in [0.2, 0.25) is 0 Å². The summed E-state index contributed by atoms with van der Waals surface area (Å²) in [5.74, 6) is 0.470. The van der Waals surface area contributed by atoms with Crippen LogP contribution < -0.4 is 10.9 Å². The first kappa shape index (κ1) is 10.2. The molecule has 1 aromatic carbocycles. The van der Waals surface area contributed by atoms with Crippen molar-refractivity contribution >= 4 is 0 Å². The fourth-order valence-electron chi connectivity index (χ4n) is 2.23. The van der Waals surface area contributed by atoms with Crippen molar-refractivity contribution < 1.29 is 0 Å². The Morgan fingerprint density at radius 1 is 1.07 bits per heavy atom.